The highest BCUT2D eigenvalue weighted by Crippen LogP contribution is 2.35. The second-order valence-corrected chi connectivity index (χ2v) is 11.3. The van der Waals surface area contributed by atoms with E-state index in [2.05, 4.69) is 19.9 Å². The summed E-state index contributed by atoms with van der Waals surface area (Å²) >= 11 is 0. The van der Waals surface area contributed by atoms with Gasteiger partial charge in [0.2, 0.25) is 16.0 Å². The van der Waals surface area contributed by atoms with Crippen LogP contribution >= 0.6 is 0 Å². The fraction of sp³-hybridized carbons (Fsp3) is 0.708. The molecule has 0 amide bonds. The van der Waals surface area contributed by atoms with Crippen molar-refractivity contribution in [2.75, 3.05) is 38.8 Å². The van der Waals surface area contributed by atoms with Crippen molar-refractivity contribution in [1.82, 2.24) is 19.7 Å². The molecule has 2 aromatic rings. The molecule has 0 bridgehead atoms. The lowest BCUT2D eigenvalue weighted by molar-refractivity contribution is 0.0406. The first-order valence-electron chi connectivity index (χ1n) is 12.4. The van der Waals surface area contributed by atoms with E-state index in [1.165, 1.54) is 0 Å². The summed E-state index contributed by atoms with van der Waals surface area (Å²) in [6.45, 7) is 8.47. The highest BCUT2D eigenvalue weighted by Gasteiger charge is 2.36. The number of sulfonamides is 1. The van der Waals surface area contributed by atoms with Crippen LogP contribution in [0.2, 0.25) is 0 Å². The van der Waals surface area contributed by atoms with Crippen molar-refractivity contribution in [3.63, 3.8) is 0 Å². The lowest BCUT2D eigenvalue weighted by atomic mass is 10.1. The number of hydrogen-bond donors (Lipinski definition) is 1. The Labute approximate surface area is 213 Å². The van der Waals surface area contributed by atoms with Gasteiger partial charge in [0, 0.05) is 27.0 Å². The Morgan fingerprint density at radius 1 is 1.19 bits per heavy atom. The molecule has 11 nitrogen and oxygen atoms in total. The molecule has 36 heavy (non-hydrogen) atoms. The van der Waals surface area contributed by atoms with E-state index < -0.39 is 21.4 Å². The van der Waals surface area contributed by atoms with Crippen LogP contribution in [0.25, 0.3) is 0 Å². The van der Waals surface area contributed by atoms with Gasteiger partial charge in [-0.3, -0.25) is 14.3 Å². The maximum Gasteiger partial charge on any atom is 0.240 e. The Kier molecular flexibility index (Phi) is 10.2. The Morgan fingerprint density at radius 2 is 1.92 bits per heavy atom. The summed E-state index contributed by atoms with van der Waals surface area (Å²) in [5.74, 6) is 0.632. The quantitative estimate of drug-likeness (QED) is 0.395. The minimum absolute atomic E-state index is 0.0853. The van der Waals surface area contributed by atoms with Crippen LogP contribution in [-0.4, -0.2) is 73.6 Å². The van der Waals surface area contributed by atoms with Crippen molar-refractivity contribution < 1.29 is 27.4 Å². The summed E-state index contributed by atoms with van der Waals surface area (Å²) in [5.41, 5.74) is 1.53. The number of pyridine rings is 1. The number of aryl methyl sites for hydroxylation is 1. The van der Waals surface area contributed by atoms with Gasteiger partial charge in [-0.15, -0.1) is 10.2 Å². The summed E-state index contributed by atoms with van der Waals surface area (Å²) in [5, 5.41) is 7.59. The van der Waals surface area contributed by atoms with Crippen LogP contribution in [0.1, 0.15) is 75.4 Å². The number of methoxy groups -OCH3 is 2. The molecule has 12 heteroatoms. The number of hydrogen-bond acceptors (Lipinski definition) is 9. The lowest BCUT2D eigenvalue weighted by Gasteiger charge is -2.26. The van der Waals surface area contributed by atoms with Crippen molar-refractivity contribution in [2.45, 2.75) is 76.6 Å². The van der Waals surface area contributed by atoms with Gasteiger partial charge >= 0.3 is 0 Å². The van der Waals surface area contributed by atoms with Crippen LogP contribution in [0, 0.1) is 6.92 Å². The monoisotopic (exact) mass is 525 g/mol. The molecule has 1 aliphatic heterocycles. The number of nitrogens with zero attached hydrogens (tertiary/aromatic N) is 4. The largest absolute Gasteiger partial charge is 0.382 e. The zero-order valence-electron chi connectivity index (χ0n) is 22.0. The van der Waals surface area contributed by atoms with Gasteiger partial charge in [-0.25, -0.2) is 8.42 Å². The zero-order valence-corrected chi connectivity index (χ0v) is 22.8. The zero-order chi connectivity index (χ0) is 26.3. The minimum atomic E-state index is -3.97. The van der Waals surface area contributed by atoms with E-state index in [1.54, 1.807) is 38.0 Å². The third-order valence-corrected chi connectivity index (χ3v) is 7.90. The average Bonchev–Trinajstić information content (AvgIpc) is 3.45. The van der Waals surface area contributed by atoms with E-state index in [1.807, 2.05) is 26.8 Å². The van der Waals surface area contributed by atoms with Crippen molar-refractivity contribution in [3.05, 3.63) is 35.4 Å². The molecule has 1 fully saturated rings. The molecule has 0 aliphatic carbocycles. The Morgan fingerprint density at radius 3 is 2.47 bits per heavy atom. The predicted molar refractivity (Wildman–Crippen MR) is 135 cm³/mol. The maximum absolute atomic E-state index is 13.6. The Bertz CT molecular complexity index is 1060. The second kappa shape index (κ2) is 12.9. The highest BCUT2D eigenvalue weighted by atomic mass is 32.2. The number of anilines is 1. The molecule has 0 unspecified atom stereocenters. The molecular formula is C24H39N5O6S. The predicted octanol–water partition coefficient (Wildman–Crippen LogP) is 3.35. The normalized spacial score (nSPS) is 20.1. The van der Waals surface area contributed by atoms with Gasteiger partial charge in [0.15, 0.2) is 5.82 Å². The smallest absolute Gasteiger partial charge is 0.240 e. The van der Waals surface area contributed by atoms with Crippen LogP contribution in [0.15, 0.2) is 18.3 Å². The van der Waals surface area contributed by atoms with Gasteiger partial charge in [0.05, 0.1) is 31.1 Å². The Balaban J connectivity index is 1.95. The fourth-order valence-corrected chi connectivity index (χ4v) is 5.39. The molecule has 3 rings (SSSR count). The van der Waals surface area contributed by atoms with Gasteiger partial charge in [-0.05, 0) is 51.7 Å². The van der Waals surface area contributed by atoms with E-state index in [0.29, 0.717) is 18.1 Å². The summed E-state index contributed by atoms with van der Waals surface area (Å²) in [6.07, 6.45) is 3.13. The maximum atomic E-state index is 13.6. The molecule has 2 aromatic heterocycles. The number of nitrogens with one attached hydrogen (secondary N) is 1. The average molecular weight is 526 g/mol. The molecule has 1 N–H and O–H groups in total. The van der Waals surface area contributed by atoms with E-state index >= 15 is 0 Å². The molecule has 0 spiro atoms. The summed E-state index contributed by atoms with van der Waals surface area (Å²) in [6, 6.07) is 3.33. The third-order valence-electron chi connectivity index (χ3n) is 6.20. The lowest BCUT2D eigenvalue weighted by Crippen LogP contribution is -2.34. The molecule has 4 atom stereocenters. The standard InChI is InChI=1S/C24H39N5O6S/c1-7-12-34-22(20-10-8-16(2)13-25-20)18(4)36(30,31)28-24-27-26-23(21-11-9-17(3)35-21)29(24)19(14-32-5)15-33-6/h8,10,13,17-19,21-22H,7,9,11-12,14-15H2,1-6H3,(H,27,28)/t17-,18-,21-,22+/m0/s1. The van der Waals surface area contributed by atoms with E-state index in [4.69, 9.17) is 18.9 Å². The molecule has 0 aromatic carbocycles. The van der Waals surface area contributed by atoms with Crippen LogP contribution in [0.4, 0.5) is 5.95 Å². The van der Waals surface area contributed by atoms with Crippen molar-refractivity contribution in [2.24, 2.45) is 0 Å². The first-order valence-corrected chi connectivity index (χ1v) is 13.9. The molecule has 0 saturated carbocycles. The summed E-state index contributed by atoms with van der Waals surface area (Å²) in [4.78, 5) is 4.43. The number of aromatic nitrogens is 4. The molecule has 0 radical (unpaired) electrons. The van der Waals surface area contributed by atoms with Crippen molar-refractivity contribution >= 4 is 16.0 Å². The van der Waals surface area contributed by atoms with E-state index in [9.17, 15) is 8.42 Å². The number of rotatable bonds is 14. The Hall–Kier alpha value is -2.12. The topological polar surface area (TPSA) is 127 Å². The fourth-order valence-electron chi connectivity index (χ4n) is 4.26. The van der Waals surface area contributed by atoms with E-state index in [-0.39, 0.29) is 37.4 Å². The van der Waals surface area contributed by atoms with Gasteiger partial charge in [-0.1, -0.05) is 13.0 Å². The molecule has 3 heterocycles. The highest BCUT2D eigenvalue weighted by molar-refractivity contribution is 7.93. The molecule has 202 valence electrons. The molecular weight excluding hydrogens is 486 g/mol. The third kappa shape index (κ3) is 6.80. The number of ether oxygens (including phenoxy) is 4. The first-order chi connectivity index (χ1) is 17.2. The van der Waals surface area contributed by atoms with Gasteiger partial charge < -0.3 is 18.9 Å². The summed E-state index contributed by atoms with van der Waals surface area (Å²) < 4.78 is 54.4. The first kappa shape index (κ1) is 28.5. The van der Waals surface area contributed by atoms with Gasteiger partial charge in [0.1, 0.15) is 17.5 Å². The van der Waals surface area contributed by atoms with Crippen molar-refractivity contribution in [3.8, 4) is 0 Å². The molecule has 1 saturated heterocycles. The van der Waals surface area contributed by atoms with Crippen LogP contribution < -0.4 is 4.72 Å². The van der Waals surface area contributed by atoms with Gasteiger partial charge in [-0.2, -0.15) is 0 Å². The SMILES string of the molecule is CCCO[C@@H](c1ccc(C)cn1)[C@H](C)S(=O)(=O)Nc1nnc([C@@H]2CC[C@H](C)O2)n1C(COC)COC. The van der Waals surface area contributed by atoms with E-state index in [0.717, 1.165) is 24.8 Å². The van der Waals surface area contributed by atoms with Crippen LogP contribution in [-0.2, 0) is 29.0 Å². The van der Waals surface area contributed by atoms with Gasteiger partial charge in [0.25, 0.3) is 0 Å². The minimum Gasteiger partial charge on any atom is -0.382 e. The molecule has 1 aliphatic rings. The van der Waals surface area contributed by atoms with Crippen LogP contribution in [0.5, 0.6) is 0 Å². The second-order valence-electron chi connectivity index (χ2n) is 9.23. The van der Waals surface area contributed by atoms with Crippen molar-refractivity contribution in [1.29, 1.82) is 0 Å². The van der Waals surface area contributed by atoms with Crippen LogP contribution in [0.3, 0.4) is 0 Å². The summed E-state index contributed by atoms with van der Waals surface area (Å²) in [7, 11) is -0.808.